The lowest BCUT2D eigenvalue weighted by atomic mass is 10.0. The highest BCUT2D eigenvalue weighted by Gasteiger charge is 2.14. The largest absolute Gasteiger partial charge is 0.370 e. The van der Waals surface area contributed by atoms with Crippen LogP contribution in [0.3, 0.4) is 0 Å². The molecule has 4 heteroatoms. The number of carbonyl (C=O) groups is 1. The minimum absolute atomic E-state index is 0.00852. The van der Waals surface area contributed by atoms with Crippen molar-refractivity contribution in [3.05, 3.63) is 23.4 Å². The molecule has 1 rings (SSSR count). The molecule has 2 N–H and O–H groups in total. The van der Waals surface area contributed by atoms with Gasteiger partial charge in [0.15, 0.2) is 0 Å². The van der Waals surface area contributed by atoms with E-state index in [1.54, 1.807) is 0 Å². The maximum atomic E-state index is 12.4. The summed E-state index contributed by atoms with van der Waals surface area (Å²) in [4.78, 5) is 16.8. The van der Waals surface area contributed by atoms with Crippen LogP contribution in [0.1, 0.15) is 68.9 Å². The van der Waals surface area contributed by atoms with Crippen molar-refractivity contribution in [2.45, 2.75) is 65.8 Å². The second kappa shape index (κ2) is 9.37. The number of hydrogen-bond donors (Lipinski definition) is 2. The van der Waals surface area contributed by atoms with Crippen LogP contribution in [0.25, 0.3) is 0 Å². The molecule has 1 aromatic heterocycles. The van der Waals surface area contributed by atoms with Gasteiger partial charge in [0.1, 0.15) is 5.82 Å². The molecule has 4 nitrogen and oxygen atoms in total. The molecule has 0 spiro atoms. The molecule has 0 saturated carbocycles. The molecule has 1 unspecified atom stereocenters. The quantitative estimate of drug-likeness (QED) is 0.725. The Balaban J connectivity index is 2.76. The smallest absolute Gasteiger partial charge is 0.251 e. The summed E-state index contributed by atoms with van der Waals surface area (Å²) >= 11 is 0. The first kappa shape index (κ1) is 17.5. The fraction of sp³-hybridized carbons (Fsp3) is 0.647. The number of amides is 1. The van der Waals surface area contributed by atoms with Crippen LogP contribution in [0.15, 0.2) is 12.1 Å². The molecule has 1 heterocycles. The minimum atomic E-state index is 0.00852. The van der Waals surface area contributed by atoms with E-state index in [0.29, 0.717) is 5.56 Å². The molecule has 1 amide bonds. The number of rotatable bonds is 9. The Bertz CT molecular complexity index is 446. The summed E-state index contributed by atoms with van der Waals surface area (Å²) in [5, 5.41) is 6.34. The number of nitrogens with zero attached hydrogens (tertiary/aromatic N) is 1. The summed E-state index contributed by atoms with van der Waals surface area (Å²) in [5.74, 6) is 0.775. The number of aryl methyl sites for hydroxylation is 1. The van der Waals surface area contributed by atoms with Crippen LogP contribution in [0.4, 0.5) is 5.82 Å². The number of pyridine rings is 1. The second-order valence-electron chi connectivity index (χ2n) is 5.51. The molecule has 0 saturated heterocycles. The zero-order chi connectivity index (χ0) is 15.7. The molecule has 1 aromatic rings. The van der Waals surface area contributed by atoms with Crippen molar-refractivity contribution in [1.82, 2.24) is 10.3 Å². The van der Waals surface area contributed by atoms with Crippen molar-refractivity contribution in [2.75, 3.05) is 11.9 Å². The molecule has 0 aliphatic heterocycles. The summed E-state index contributed by atoms with van der Waals surface area (Å²) in [6.07, 6.45) is 5.50. The number of carbonyl (C=O) groups excluding carboxylic acids is 1. The zero-order valence-corrected chi connectivity index (χ0v) is 13.8. The molecule has 0 bridgehead atoms. The van der Waals surface area contributed by atoms with Gasteiger partial charge < -0.3 is 10.6 Å². The van der Waals surface area contributed by atoms with Gasteiger partial charge in [-0.05, 0) is 38.8 Å². The van der Waals surface area contributed by atoms with Gasteiger partial charge in [-0.25, -0.2) is 4.98 Å². The van der Waals surface area contributed by atoms with Crippen molar-refractivity contribution in [2.24, 2.45) is 0 Å². The van der Waals surface area contributed by atoms with E-state index in [9.17, 15) is 4.79 Å². The van der Waals surface area contributed by atoms with Crippen molar-refractivity contribution in [3.63, 3.8) is 0 Å². The maximum Gasteiger partial charge on any atom is 0.251 e. The molecular formula is C17H29N3O. The highest BCUT2D eigenvalue weighted by atomic mass is 16.1. The average Bonchev–Trinajstić information content (AvgIpc) is 2.44. The van der Waals surface area contributed by atoms with Crippen LogP contribution in [-0.2, 0) is 0 Å². The van der Waals surface area contributed by atoms with Crippen molar-refractivity contribution >= 4 is 11.7 Å². The van der Waals surface area contributed by atoms with Gasteiger partial charge in [-0.2, -0.15) is 0 Å². The topological polar surface area (TPSA) is 54.0 Å². The van der Waals surface area contributed by atoms with Gasteiger partial charge in [0.25, 0.3) is 5.91 Å². The third-order valence-electron chi connectivity index (χ3n) is 3.45. The van der Waals surface area contributed by atoms with Gasteiger partial charge in [-0.1, -0.05) is 33.1 Å². The van der Waals surface area contributed by atoms with Gasteiger partial charge in [0, 0.05) is 23.8 Å². The van der Waals surface area contributed by atoms with Gasteiger partial charge in [0.2, 0.25) is 0 Å². The predicted molar refractivity (Wildman–Crippen MR) is 88.8 cm³/mol. The lowest BCUT2D eigenvalue weighted by Gasteiger charge is -2.18. The summed E-state index contributed by atoms with van der Waals surface area (Å²) in [5.41, 5.74) is 1.55. The van der Waals surface area contributed by atoms with E-state index < -0.39 is 0 Å². The summed E-state index contributed by atoms with van der Waals surface area (Å²) < 4.78 is 0. The van der Waals surface area contributed by atoms with Crippen LogP contribution in [0.2, 0.25) is 0 Å². The Morgan fingerprint density at radius 2 is 1.95 bits per heavy atom. The highest BCUT2D eigenvalue weighted by Crippen LogP contribution is 2.12. The normalized spacial score (nSPS) is 12.0. The molecule has 118 valence electrons. The summed E-state index contributed by atoms with van der Waals surface area (Å²) in [6, 6.07) is 3.95. The van der Waals surface area contributed by atoms with E-state index in [1.165, 1.54) is 0 Å². The molecular weight excluding hydrogens is 262 g/mol. The van der Waals surface area contributed by atoms with E-state index >= 15 is 0 Å². The number of unbranched alkanes of at least 4 members (excludes halogenated alkanes) is 1. The molecule has 21 heavy (non-hydrogen) atoms. The Hall–Kier alpha value is -1.58. The number of nitrogens with one attached hydrogen (secondary N) is 2. The van der Waals surface area contributed by atoms with E-state index in [4.69, 9.17) is 0 Å². The summed E-state index contributed by atoms with van der Waals surface area (Å²) in [7, 11) is 0. The first-order valence-corrected chi connectivity index (χ1v) is 8.14. The Kier molecular flexibility index (Phi) is 7.80. The van der Waals surface area contributed by atoms with E-state index in [1.807, 2.05) is 26.0 Å². The van der Waals surface area contributed by atoms with Crippen molar-refractivity contribution < 1.29 is 4.79 Å². The van der Waals surface area contributed by atoms with Crippen molar-refractivity contribution in [1.29, 1.82) is 0 Å². The van der Waals surface area contributed by atoms with Gasteiger partial charge in [-0.3, -0.25) is 4.79 Å². The molecule has 0 aliphatic carbocycles. The van der Waals surface area contributed by atoms with Gasteiger partial charge in [0.05, 0.1) is 0 Å². The second-order valence-corrected chi connectivity index (χ2v) is 5.51. The van der Waals surface area contributed by atoms with Gasteiger partial charge in [-0.15, -0.1) is 0 Å². The number of anilines is 1. The van der Waals surface area contributed by atoms with Crippen molar-refractivity contribution in [3.8, 4) is 0 Å². The Morgan fingerprint density at radius 3 is 2.57 bits per heavy atom. The van der Waals surface area contributed by atoms with Gasteiger partial charge >= 0.3 is 0 Å². The lowest BCUT2D eigenvalue weighted by molar-refractivity contribution is 0.0932. The molecule has 0 radical (unpaired) electrons. The van der Waals surface area contributed by atoms with Crippen LogP contribution >= 0.6 is 0 Å². The van der Waals surface area contributed by atoms with Crippen LogP contribution < -0.4 is 10.6 Å². The zero-order valence-electron chi connectivity index (χ0n) is 13.8. The van der Waals surface area contributed by atoms with Crippen LogP contribution in [0.5, 0.6) is 0 Å². The average molecular weight is 291 g/mol. The summed E-state index contributed by atoms with van der Waals surface area (Å²) in [6.45, 7) is 9.07. The van der Waals surface area contributed by atoms with E-state index in [2.05, 4.69) is 29.5 Å². The Labute approximate surface area is 128 Å². The van der Waals surface area contributed by atoms with Crippen LogP contribution in [-0.4, -0.2) is 23.5 Å². The highest BCUT2D eigenvalue weighted by molar-refractivity contribution is 5.95. The fourth-order valence-corrected chi connectivity index (χ4v) is 2.43. The maximum absolute atomic E-state index is 12.4. The predicted octanol–water partition coefficient (Wildman–Crippen LogP) is 3.91. The fourth-order valence-electron chi connectivity index (χ4n) is 2.43. The van der Waals surface area contributed by atoms with E-state index in [0.717, 1.165) is 50.2 Å². The Morgan fingerprint density at radius 1 is 1.19 bits per heavy atom. The third kappa shape index (κ3) is 6.15. The first-order chi connectivity index (χ1) is 10.1. The molecule has 0 aliphatic rings. The lowest BCUT2D eigenvalue weighted by Crippen LogP contribution is -2.34. The molecule has 0 fully saturated rings. The molecule has 1 atom stereocenters. The van der Waals surface area contributed by atoms with Crippen LogP contribution in [0, 0.1) is 6.92 Å². The minimum Gasteiger partial charge on any atom is -0.370 e. The molecule has 0 aromatic carbocycles. The SMILES string of the molecule is CCCCC(CCC)NC(=O)c1cc(C)nc(NCC)c1. The van der Waals surface area contributed by atoms with E-state index in [-0.39, 0.29) is 11.9 Å². The third-order valence-corrected chi connectivity index (χ3v) is 3.45. The standard InChI is InChI=1S/C17H29N3O/c1-5-8-10-15(9-6-2)20-17(21)14-11-13(4)19-16(12-14)18-7-3/h11-12,15H,5-10H2,1-4H3,(H,18,19)(H,20,21). The first-order valence-electron chi connectivity index (χ1n) is 8.14. The monoisotopic (exact) mass is 291 g/mol. The number of hydrogen-bond acceptors (Lipinski definition) is 3. The number of aromatic nitrogens is 1.